The largest absolute Gasteiger partial charge is 0.491 e. The highest BCUT2D eigenvalue weighted by atomic mass is 16.5. The van der Waals surface area contributed by atoms with Crippen LogP contribution < -0.4 is 15.4 Å². The van der Waals surface area contributed by atoms with Gasteiger partial charge in [-0.2, -0.15) is 5.10 Å². The van der Waals surface area contributed by atoms with Crippen LogP contribution in [0.5, 0.6) is 5.75 Å². The molecule has 0 unspecified atom stereocenters. The van der Waals surface area contributed by atoms with Crippen molar-refractivity contribution in [2.45, 2.75) is 59.2 Å². The van der Waals surface area contributed by atoms with Gasteiger partial charge in [0.1, 0.15) is 17.9 Å². The molecule has 0 bridgehead atoms. The first-order valence-electron chi connectivity index (χ1n) is 15.6. The lowest BCUT2D eigenvalue weighted by molar-refractivity contribution is -0.143. The summed E-state index contributed by atoms with van der Waals surface area (Å²) in [6, 6.07) is 14.6. The predicted molar refractivity (Wildman–Crippen MR) is 176 cm³/mol. The first-order chi connectivity index (χ1) is 22.4. The molecule has 4 rings (SSSR count). The number of hydrogen-bond acceptors (Lipinski definition) is 9. The van der Waals surface area contributed by atoms with Crippen molar-refractivity contribution in [2.75, 3.05) is 44.3 Å². The second-order valence-corrected chi connectivity index (χ2v) is 11.2. The summed E-state index contributed by atoms with van der Waals surface area (Å²) in [6.07, 6.45) is -0.116. The van der Waals surface area contributed by atoms with Crippen LogP contribution in [0.25, 0.3) is 10.9 Å². The second-order valence-electron chi connectivity index (χ2n) is 11.2. The predicted octanol–water partition coefficient (Wildman–Crippen LogP) is 4.00. The molecule has 1 saturated heterocycles. The lowest BCUT2D eigenvalue weighted by Crippen LogP contribution is -2.58. The number of amides is 3. The number of anilines is 1. The van der Waals surface area contributed by atoms with Gasteiger partial charge in [-0.15, -0.1) is 0 Å². The lowest BCUT2D eigenvalue weighted by atomic mass is 10.1. The van der Waals surface area contributed by atoms with Crippen LogP contribution in [0.15, 0.2) is 48.5 Å². The maximum Gasteiger partial charge on any atom is 0.407 e. The van der Waals surface area contributed by atoms with Crippen LogP contribution in [0.1, 0.15) is 46.1 Å². The minimum Gasteiger partial charge on any atom is -0.491 e. The number of carbonyl (C=O) groups is 4. The van der Waals surface area contributed by atoms with Crippen molar-refractivity contribution in [3.05, 3.63) is 54.1 Å². The van der Waals surface area contributed by atoms with Crippen LogP contribution in [-0.2, 0) is 32.7 Å². The minimum atomic E-state index is -0.879. The molecule has 1 fully saturated rings. The summed E-state index contributed by atoms with van der Waals surface area (Å²) < 4.78 is 17.5. The number of nitrogens with zero attached hydrogens (tertiary/aromatic N) is 5. The van der Waals surface area contributed by atoms with Gasteiger partial charge in [-0.1, -0.05) is 36.4 Å². The molecule has 14 heteroatoms. The number of esters is 2. The van der Waals surface area contributed by atoms with E-state index in [0.717, 1.165) is 18.5 Å². The molecule has 3 aromatic rings. The lowest BCUT2D eigenvalue weighted by Gasteiger charge is -2.43. The topological polar surface area (TPSA) is 170 Å². The third kappa shape index (κ3) is 10.6. The number of hydrogen-bond donors (Lipinski definition) is 2. The third-order valence-electron chi connectivity index (χ3n) is 7.65. The van der Waals surface area contributed by atoms with Gasteiger partial charge in [0.15, 0.2) is 5.82 Å². The van der Waals surface area contributed by atoms with Crippen LogP contribution in [0.4, 0.5) is 15.4 Å². The molecule has 1 aliphatic heterocycles. The summed E-state index contributed by atoms with van der Waals surface area (Å²) in [6.45, 7) is 10.1. The van der Waals surface area contributed by atoms with E-state index in [4.69, 9.17) is 19.9 Å². The number of piperazine rings is 1. The molecule has 0 radical (unpaired) electrons. The Hall–Kier alpha value is -4.85. The fourth-order valence-electron chi connectivity index (χ4n) is 5.50. The number of nitrogens with two attached hydrogens (primary N) is 1. The molecule has 0 saturated carbocycles. The molecule has 14 nitrogen and oxygen atoms in total. The molecule has 2 aromatic carbocycles. The average molecular weight is 655 g/mol. The number of carboxylic acid groups (broad SMARTS) is 1. The summed E-state index contributed by atoms with van der Waals surface area (Å²) in [4.78, 5) is 50.7. The fourth-order valence-corrected chi connectivity index (χ4v) is 5.50. The van der Waals surface area contributed by atoms with E-state index in [1.807, 2.05) is 62.4 Å². The van der Waals surface area contributed by atoms with Gasteiger partial charge in [0.05, 0.1) is 19.6 Å². The Morgan fingerprint density at radius 3 is 2.30 bits per heavy atom. The highest BCUT2D eigenvalue weighted by Crippen LogP contribution is 2.32. The molecular weight excluding hydrogens is 608 g/mol. The van der Waals surface area contributed by atoms with E-state index in [2.05, 4.69) is 10.00 Å². The standard InChI is InChI=1S/C24H36N6O6.C9H10O2/c1-5-35-20(31)10-12-30(23(25)32)22-18-8-6-9-19(21(18)27(4)26-22)36-13-7-11-29-16(2)14-28(24(33)34)15-17(29)3;1-8(10)11-7-9-5-3-2-4-6-9/h6,8-9,16-17H,5,7,10-15H2,1-4H3,(H2,25,32)(H,33,34);2-6H,7H2,1H3/t16-,17+;. The molecule has 1 aliphatic rings. The number of ether oxygens (including phenoxy) is 3. The summed E-state index contributed by atoms with van der Waals surface area (Å²) in [5.74, 6) is 0.323. The van der Waals surface area contributed by atoms with Gasteiger partial charge in [-0.3, -0.25) is 24.1 Å². The van der Waals surface area contributed by atoms with Crippen molar-refractivity contribution in [3.63, 3.8) is 0 Å². The summed E-state index contributed by atoms with van der Waals surface area (Å²) in [5, 5.41) is 14.5. The van der Waals surface area contributed by atoms with E-state index >= 15 is 0 Å². The van der Waals surface area contributed by atoms with Crippen molar-refractivity contribution in [1.82, 2.24) is 19.6 Å². The van der Waals surface area contributed by atoms with Crippen LogP contribution in [-0.4, -0.2) is 100 Å². The van der Waals surface area contributed by atoms with Crippen molar-refractivity contribution >= 4 is 40.8 Å². The Labute approximate surface area is 274 Å². The van der Waals surface area contributed by atoms with Crippen LogP contribution in [0.3, 0.4) is 0 Å². The molecule has 256 valence electrons. The van der Waals surface area contributed by atoms with Gasteiger partial charge in [-0.25, -0.2) is 9.59 Å². The van der Waals surface area contributed by atoms with Crippen LogP contribution in [0, 0.1) is 0 Å². The van der Waals surface area contributed by atoms with Gasteiger partial charge in [0.2, 0.25) is 0 Å². The first-order valence-corrected chi connectivity index (χ1v) is 15.6. The minimum absolute atomic E-state index is 0.00259. The van der Waals surface area contributed by atoms with Crippen molar-refractivity contribution < 1.29 is 38.5 Å². The number of para-hydroxylation sites is 1. The van der Waals surface area contributed by atoms with Gasteiger partial charge in [0, 0.05) is 57.6 Å². The average Bonchev–Trinajstić information content (AvgIpc) is 3.36. The molecule has 0 spiro atoms. The number of primary amides is 1. The van der Waals surface area contributed by atoms with Gasteiger partial charge in [-0.05, 0) is 44.9 Å². The number of aromatic nitrogens is 2. The van der Waals surface area contributed by atoms with Gasteiger partial charge < -0.3 is 30.0 Å². The quantitative estimate of drug-likeness (QED) is 0.215. The third-order valence-corrected chi connectivity index (χ3v) is 7.65. The zero-order valence-electron chi connectivity index (χ0n) is 27.8. The Bertz CT molecular complexity index is 1490. The SMILES string of the molecule is CC(=O)OCc1ccccc1.CCOC(=O)CCN(C(N)=O)c1nn(C)c2c(OCCCN3[C@H](C)CN(C(=O)O)C[C@@H]3C)cccc12. The first kappa shape index (κ1) is 36.6. The van der Waals surface area contributed by atoms with E-state index in [1.54, 1.807) is 18.7 Å². The molecule has 3 amide bonds. The number of aryl methyl sites for hydroxylation is 1. The summed E-state index contributed by atoms with van der Waals surface area (Å²) in [7, 11) is 1.76. The fraction of sp³-hybridized carbons (Fsp3) is 0.485. The molecule has 2 heterocycles. The number of urea groups is 1. The Kier molecular flexibility index (Phi) is 13.8. The van der Waals surface area contributed by atoms with Crippen LogP contribution in [0.2, 0.25) is 0 Å². The van der Waals surface area contributed by atoms with E-state index in [9.17, 15) is 24.3 Å². The zero-order chi connectivity index (χ0) is 34.5. The smallest absolute Gasteiger partial charge is 0.407 e. The van der Waals surface area contributed by atoms with E-state index in [1.165, 1.54) is 16.7 Å². The second kappa shape index (κ2) is 17.7. The molecule has 2 atom stereocenters. The maximum absolute atomic E-state index is 12.2. The van der Waals surface area contributed by atoms with Crippen LogP contribution >= 0.6 is 0 Å². The number of rotatable bonds is 12. The Balaban J connectivity index is 0.000000461. The molecule has 3 N–H and O–H groups in total. The van der Waals surface area contributed by atoms with E-state index in [-0.39, 0.29) is 37.6 Å². The molecular formula is C33H46N6O8. The van der Waals surface area contributed by atoms with Crippen molar-refractivity contribution in [2.24, 2.45) is 12.8 Å². The highest BCUT2D eigenvalue weighted by Gasteiger charge is 2.31. The molecule has 1 aromatic heterocycles. The van der Waals surface area contributed by atoms with Gasteiger partial charge >= 0.3 is 24.1 Å². The number of carbonyl (C=O) groups excluding carboxylic acids is 3. The van der Waals surface area contributed by atoms with Gasteiger partial charge in [0.25, 0.3) is 0 Å². The maximum atomic E-state index is 12.2. The monoisotopic (exact) mass is 654 g/mol. The molecule has 47 heavy (non-hydrogen) atoms. The van der Waals surface area contributed by atoms with Crippen molar-refractivity contribution in [1.29, 1.82) is 0 Å². The number of benzene rings is 2. The van der Waals surface area contributed by atoms with E-state index < -0.39 is 18.1 Å². The zero-order valence-corrected chi connectivity index (χ0v) is 27.8. The van der Waals surface area contributed by atoms with E-state index in [0.29, 0.717) is 48.8 Å². The normalized spacial score (nSPS) is 16.1. The number of fused-ring (bicyclic) bond motifs is 1. The summed E-state index contributed by atoms with van der Waals surface area (Å²) >= 11 is 0. The Morgan fingerprint density at radius 2 is 1.70 bits per heavy atom. The Morgan fingerprint density at radius 1 is 1.02 bits per heavy atom. The molecule has 0 aliphatic carbocycles. The van der Waals surface area contributed by atoms with Crippen molar-refractivity contribution in [3.8, 4) is 5.75 Å². The summed E-state index contributed by atoms with van der Waals surface area (Å²) in [5.41, 5.74) is 7.33. The highest BCUT2D eigenvalue weighted by molar-refractivity contribution is 6.02.